The number of methoxy groups -OCH3 is 1. The van der Waals surface area contributed by atoms with Crippen LogP contribution in [0.3, 0.4) is 0 Å². The third-order valence-corrected chi connectivity index (χ3v) is 5.35. The number of carbonyl (C=O) groups excluding carboxylic acids is 1. The number of ether oxygens (including phenoxy) is 1. The van der Waals surface area contributed by atoms with Crippen molar-refractivity contribution in [2.75, 3.05) is 7.11 Å². The molecule has 38 heavy (non-hydrogen) atoms. The molecule has 1 amide bonds. The number of alkyl halides is 6. The van der Waals surface area contributed by atoms with Crippen LogP contribution in [0.15, 0.2) is 66.9 Å². The summed E-state index contributed by atoms with van der Waals surface area (Å²) in [4.78, 5) is 20.6. The Bertz CT molecular complexity index is 1470. The summed E-state index contributed by atoms with van der Waals surface area (Å²) in [6.45, 7) is 0. The summed E-state index contributed by atoms with van der Waals surface area (Å²) in [6, 6.07) is 11.0. The number of nitrogens with two attached hydrogens (primary N) is 1. The van der Waals surface area contributed by atoms with Gasteiger partial charge in [0.2, 0.25) is 5.88 Å². The Morgan fingerprint density at radius 1 is 0.868 bits per heavy atom. The van der Waals surface area contributed by atoms with E-state index in [1.807, 2.05) is 0 Å². The van der Waals surface area contributed by atoms with E-state index in [9.17, 15) is 31.1 Å². The highest BCUT2D eigenvalue weighted by molar-refractivity contribution is 6.22. The predicted octanol–water partition coefficient (Wildman–Crippen LogP) is 5.54. The summed E-state index contributed by atoms with van der Waals surface area (Å²) in [5.74, 6) is -0.634. The summed E-state index contributed by atoms with van der Waals surface area (Å²) in [7, 11) is 1.40. The zero-order valence-corrected chi connectivity index (χ0v) is 19.4. The Balaban J connectivity index is 1.85. The second kappa shape index (κ2) is 10.00. The van der Waals surface area contributed by atoms with Crippen molar-refractivity contribution in [3.63, 3.8) is 0 Å². The number of aromatic nitrogens is 4. The molecule has 4 rings (SSSR count). The fourth-order valence-electron chi connectivity index (χ4n) is 3.41. The molecule has 0 aliphatic carbocycles. The maximum atomic E-state index is 13.1. The first-order valence-corrected chi connectivity index (χ1v) is 10.7. The number of carbonyl (C=O) groups is 1. The molecule has 0 radical (unpaired) electrons. The van der Waals surface area contributed by atoms with Gasteiger partial charge in [-0.25, -0.2) is 14.6 Å². The van der Waals surface area contributed by atoms with E-state index in [0.29, 0.717) is 0 Å². The van der Waals surface area contributed by atoms with E-state index in [1.54, 1.807) is 0 Å². The Kier molecular flexibility index (Phi) is 6.94. The van der Waals surface area contributed by atoms with Crippen molar-refractivity contribution in [2.45, 2.75) is 12.4 Å². The molecule has 2 N–H and O–H groups in total. The molecule has 0 aliphatic rings. The molecule has 0 saturated heterocycles. The van der Waals surface area contributed by atoms with Gasteiger partial charge in [0.25, 0.3) is 5.91 Å². The largest absolute Gasteiger partial charge is 0.481 e. The molecule has 0 fully saturated rings. The van der Waals surface area contributed by atoms with Gasteiger partial charge in [0, 0.05) is 35.2 Å². The highest BCUT2D eigenvalue weighted by Gasteiger charge is 2.31. The molecule has 2 aromatic carbocycles. The first kappa shape index (κ1) is 26.4. The van der Waals surface area contributed by atoms with Crippen molar-refractivity contribution in [1.82, 2.24) is 19.7 Å². The number of nitrogens with zero attached hydrogens (tertiary/aromatic N) is 4. The maximum Gasteiger partial charge on any atom is 0.416 e. The Morgan fingerprint density at radius 3 is 1.87 bits per heavy atom. The fraction of sp³-hybridized carbons (Fsp3) is 0.120. The lowest BCUT2D eigenvalue weighted by Crippen LogP contribution is -2.14. The average Bonchev–Trinajstić information content (AvgIpc) is 3.30. The quantitative estimate of drug-likeness (QED) is 0.260. The number of amides is 1. The first-order valence-electron chi connectivity index (χ1n) is 10.7. The van der Waals surface area contributed by atoms with Gasteiger partial charge >= 0.3 is 12.4 Å². The molecule has 0 bridgehead atoms. The smallest absolute Gasteiger partial charge is 0.416 e. The molecule has 4 aromatic rings. The number of hydrogen-bond acceptors (Lipinski definition) is 5. The molecule has 13 heteroatoms. The minimum atomic E-state index is -4.57. The summed E-state index contributed by atoms with van der Waals surface area (Å²) in [6.07, 6.45) is -6.60. The van der Waals surface area contributed by atoms with Crippen molar-refractivity contribution in [2.24, 2.45) is 5.73 Å². The molecule has 2 heterocycles. The summed E-state index contributed by atoms with van der Waals surface area (Å²) in [5, 5.41) is 4.27. The molecule has 2 aromatic heterocycles. The van der Waals surface area contributed by atoms with Crippen molar-refractivity contribution in [3.05, 3.63) is 83.6 Å². The average molecular weight is 533 g/mol. The van der Waals surface area contributed by atoms with Gasteiger partial charge in [-0.1, -0.05) is 24.3 Å². The lowest BCUT2D eigenvalue weighted by Gasteiger charge is -2.08. The number of pyridine rings is 1. The molecule has 196 valence electrons. The van der Waals surface area contributed by atoms with Crippen LogP contribution in [0.1, 0.15) is 16.7 Å². The predicted molar refractivity (Wildman–Crippen MR) is 125 cm³/mol. The van der Waals surface area contributed by atoms with Crippen LogP contribution in [0.2, 0.25) is 0 Å². The van der Waals surface area contributed by atoms with Gasteiger partial charge in [-0.2, -0.15) is 26.3 Å². The van der Waals surface area contributed by atoms with Crippen LogP contribution in [-0.2, 0) is 17.1 Å². The van der Waals surface area contributed by atoms with E-state index in [-0.39, 0.29) is 39.8 Å². The van der Waals surface area contributed by atoms with Crippen LogP contribution >= 0.6 is 0 Å². The summed E-state index contributed by atoms with van der Waals surface area (Å²) >= 11 is 0. The highest BCUT2D eigenvalue weighted by Crippen LogP contribution is 2.33. The molecule has 7 nitrogen and oxygen atoms in total. The minimum absolute atomic E-state index is 0.00819. The van der Waals surface area contributed by atoms with Crippen molar-refractivity contribution < 1.29 is 35.9 Å². The van der Waals surface area contributed by atoms with E-state index in [1.165, 1.54) is 31.6 Å². The maximum absolute atomic E-state index is 13.1. The van der Waals surface area contributed by atoms with E-state index in [0.717, 1.165) is 53.2 Å². The number of primary amides is 1. The highest BCUT2D eigenvalue weighted by atomic mass is 19.4. The molecule has 0 spiro atoms. The molecular weight excluding hydrogens is 516 g/mol. The monoisotopic (exact) mass is 533 g/mol. The lowest BCUT2D eigenvalue weighted by molar-refractivity contribution is -0.138. The van der Waals surface area contributed by atoms with Crippen LogP contribution in [0, 0.1) is 0 Å². The number of halogens is 6. The topological polar surface area (TPSA) is 95.9 Å². The van der Waals surface area contributed by atoms with Crippen LogP contribution in [0.5, 0.6) is 5.88 Å². The zero-order valence-electron chi connectivity index (χ0n) is 19.4. The van der Waals surface area contributed by atoms with E-state index >= 15 is 0 Å². The first-order chi connectivity index (χ1) is 17.9. The molecule has 0 atom stereocenters. The second-order valence-electron chi connectivity index (χ2n) is 7.85. The van der Waals surface area contributed by atoms with Gasteiger partial charge in [-0.05, 0) is 30.3 Å². The second-order valence-corrected chi connectivity index (χ2v) is 7.85. The summed E-state index contributed by atoms with van der Waals surface area (Å²) in [5.41, 5.74) is 4.38. The number of hydrogen-bond donors (Lipinski definition) is 1. The van der Waals surface area contributed by atoms with Crippen molar-refractivity contribution in [1.29, 1.82) is 0 Å². The fourth-order valence-corrected chi connectivity index (χ4v) is 3.41. The van der Waals surface area contributed by atoms with Crippen LogP contribution in [0.4, 0.5) is 26.3 Å². The van der Waals surface area contributed by atoms with Crippen LogP contribution in [0.25, 0.3) is 34.5 Å². The lowest BCUT2D eigenvalue weighted by atomic mass is 10.1. The summed E-state index contributed by atoms with van der Waals surface area (Å²) < 4.78 is 84.2. The third kappa shape index (κ3) is 5.66. The molecule has 0 aliphatic heterocycles. The van der Waals surface area contributed by atoms with E-state index in [2.05, 4.69) is 15.1 Å². The van der Waals surface area contributed by atoms with Crippen LogP contribution in [-0.4, -0.2) is 32.8 Å². The third-order valence-electron chi connectivity index (χ3n) is 5.35. The van der Waals surface area contributed by atoms with Crippen molar-refractivity contribution in [3.8, 4) is 28.7 Å². The van der Waals surface area contributed by atoms with Gasteiger partial charge in [-0.15, -0.1) is 5.10 Å². The van der Waals surface area contributed by atoms with E-state index in [4.69, 9.17) is 10.5 Å². The van der Waals surface area contributed by atoms with Gasteiger partial charge in [0.15, 0.2) is 11.6 Å². The Labute approximate surface area is 211 Å². The van der Waals surface area contributed by atoms with Gasteiger partial charge < -0.3 is 10.5 Å². The molecule has 0 saturated carbocycles. The zero-order chi connectivity index (χ0) is 27.7. The number of rotatable bonds is 6. The van der Waals surface area contributed by atoms with Crippen LogP contribution < -0.4 is 10.5 Å². The normalized spacial score (nSPS) is 12.4. The standard InChI is InChI=1S/C25H17F6N5O2/c1-38-20-11-6-16(12-33-20)19(21(32)37)13-36-23(15-4-9-18(10-5-15)25(29,30)31)34-22(35-36)14-2-7-17(8-3-14)24(26,27)28/h2-13H,1H3,(H2,32,37). The van der Waals surface area contributed by atoms with Crippen molar-refractivity contribution >= 4 is 17.7 Å². The van der Waals surface area contributed by atoms with Gasteiger partial charge in [0.05, 0.1) is 23.8 Å². The number of benzene rings is 2. The molecule has 0 unspecified atom stereocenters. The van der Waals surface area contributed by atoms with E-state index < -0.39 is 29.4 Å². The van der Waals surface area contributed by atoms with Gasteiger partial charge in [-0.3, -0.25) is 4.79 Å². The Morgan fingerprint density at radius 2 is 1.42 bits per heavy atom. The minimum Gasteiger partial charge on any atom is -0.481 e. The SMILES string of the molecule is COc1ccc(C(=Cn2nc(-c3ccc(C(F)(F)F)cc3)nc2-c2ccc(C(F)(F)F)cc2)C(N)=O)cn1. The Hall–Kier alpha value is -4.68. The van der Waals surface area contributed by atoms with Gasteiger partial charge in [0.1, 0.15) is 0 Å². The molecular formula is C25H17F6N5O2.